The first-order valence-electron chi connectivity index (χ1n) is 3.91. The molecular weight excluding hydrogens is 216 g/mol. The fraction of sp³-hybridized carbons (Fsp3) is 0. The Balaban J connectivity index is 2.40. The van der Waals surface area contributed by atoms with E-state index in [1.54, 1.807) is 0 Å². The van der Waals surface area contributed by atoms with Gasteiger partial charge in [-0.3, -0.25) is 0 Å². The first kappa shape index (κ1) is 9.20. The van der Waals surface area contributed by atoms with Crippen molar-refractivity contribution in [1.29, 1.82) is 5.26 Å². The van der Waals surface area contributed by atoms with Gasteiger partial charge in [-0.1, -0.05) is 23.7 Å². The fourth-order valence-electron chi connectivity index (χ4n) is 1.08. The van der Waals surface area contributed by atoms with Crippen LogP contribution in [0.3, 0.4) is 0 Å². The van der Waals surface area contributed by atoms with Crippen LogP contribution in [0, 0.1) is 11.3 Å². The van der Waals surface area contributed by atoms with Crippen LogP contribution in [0.5, 0.6) is 0 Å². The molecule has 2 rings (SSSR count). The predicted molar refractivity (Wildman–Crippen MR) is 57.3 cm³/mol. The lowest BCUT2D eigenvalue weighted by molar-refractivity contribution is 1.35. The Hall–Kier alpha value is -1.37. The van der Waals surface area contributed by atoms with Gasteiger partial charge in [0.25, 0.3) is 0 Å². The number of hydrogen-bond donors (Lipinski definition) is 0. The summed E-state index contributed by atoms with van der Waals surface area (Å²) in [4.78, 5) is 4.14. The van der Waals surface area contributed by atoms with Gasteiger partial charge in [0.15, 0.2) is 5.01 Å². The molecule has 0 N–H and O–H groups in total. The van der Waals surface area contributed by atoms with Crippen molar-refractivity contribution in [2.24, 2.45) is 0 Å². The molecule has 1 aromatic heterocycles. The standard InChI is InChI=1S/C10H5ClN2S/c11-8-3-1-7(2-4-8)9-6-14-10(5-12)13-9/h1-4,6H. The van der Waals surface area contributed by atoms with E-state index in [1.165, 1.54) is 11.3 Å². The summed E-state index contributed by atoms with van der Waals surface area (Å²) >= 11 is 7.10. The molecule has 0 aliphatic heterocycles. The molecule has 1 heterocycles. The molecule has 0 amide bonds. The molecule has 2 nitrogen and oxygen atoms in total. The summed E-state index contributed by atoms with van der Waals surface area (Å²) in [5, 5.41) is 11.7. The van der Waals surface area contributed by atoms with Crippen molar-refractivity contribution in [2.75, 3.05) is 0 Å². The van der Waals surface area contributed by atoms with Gasteiger partial charge in [-0.2, -0.15) is 5.26 Å². The molecule has 0 radical (unpaired) electrons. The van der Waals surface area contributed by atoms with Gasteiger partial charge >= 0.3 is 0 Å². The van der Waals surface area contributed by atoms with E-state index in [4.69, 9.17) is 16.9 Å². The largest absolute Gasteiger partial charge is 0.226 e. The van der Waals surface area contributed by atoms with Crippen LogP contribution in [-0.2, 0) is 0 Å². The molecule has 0 unspecified atom stereocenters. The van der Waals surface area contributed by atoms with E-state index in [1.807, 2.05) is 35.7 Å². The van der Waals surface area contributed by atoms with E-state index in [-0.39, 0.29) is 0 Å². The summed E-state index contributed by atoms with van der Waals surface area (Å²) in [6.07, 6.45) is 0. The quantitative estimate of drug-likeness (QED) is 0.739. The van der Waals surface area contributed by atoms with Gasteiger partial charge in [-0.15, -0.1) is 11.3 Å². The summed E-state index contributed by atoms with van der Waals surface area (Å²) in [6, 6.07) is 9.40. The lowest BCUT2D eigenvalue weighted by Gasteiger charge is -1.95. The minimum absolute atomic E-state index is 0.481. The number of benzene rings is 1. The second kappa shape index (κ2) is 3.79. The lowest BCUT2D eigenvalue weighted by Crippen LogP contribution is -1.77. The highest BCUT2D eigenvalue weighted by atomic mass is 35.5. The molecule has 68 valence electrons. The monoisotopic (exact) mass is 220 g/mol. The molecule has 0 saturated heterocycles. The van der Waals surface area contributed by atoms with Gasteiger partial charge in [0.05, 0.1) is 5.69 Å². The summed E-state index contributed by atoms with van der Waals surface area (Å²) < 4.78 is 0. The first-order valence-corrected chi connectivity index (χ1v) is 5.17. The smallest absolute Gasteiger partial charge is 0.194 e. The van der Waals surface area contributed by atoms with Crippen LogP contribution >= 0.6 is 22.9 Å². The van der Waals surface area contributed by atoms with Crippen LogP contribution in [0.25, 0.3) is 11.3 Å². The van der Waals surface area contributed by atoms with Gasteiger partial charge in [0.1, 0.15) is 6.07 Å². The molecule has 0 bridgehead atoms. The third-order valence-electron chi connectivity index (χ3n) is 1.74. The predicted octanol–water partition coefficient (Wildman–Crippen LogP) is 3.34. The average molecular weight is 221 g/mol. The Labute approximate surface area is 90.4 Å². The number of thiazole rings is 1. The van der Waals surface area contributed by atoms with Crippen molar-refractivity contribution in [2.45, 2.75) is 0 Å². The SMILES string of the molecule is N#Cc1nc(-c2ccc(Cl)cc2)cs1. The summed E-state index contributed by atoms with van der Waals surface area (Å²) in [7, 11) is 0. The Morgan fingerprint density at radius 3 is 2.57 bits per heavy atom. The van der Waals surface area contributed by atoms with Crippen molar-refractivity contribution in [3.8, 4) is 17.3 Å². The molecule has 0 saturated carbocycles. The van der Waals surface area contributed by atoms with Gasteiger partial charge in [-0.25, -0.2) is 4.98 Å². The Kier molecular flexibility index (Phi) is 2.49. The molecule has 1 aromatic carbocycles. The number of hydrogen-bond acceptors (Lipinski definition) is 3. The zero-order chi connectivity index (χ0) is 9.97. The van der Waals surface area contributed by atoms with E-state index in [9.17, 15) is 0 Å². The van der Waals surface area contributed by atoms with E-state index in [0.29, 0.717) is 10.0 Å². The molecule has 14 heavy (non-hydrogen) atoms. The van der Waals surface area contributed by atoms with E-state index >= 15 is 0 Å². The number of rotatable bonds is 1. The van der Waals surface area contributed by atoms with Crippen LogP contribution in [0.4, 0.5) is 0 Å². The fourth-order valence-corrected chi connectivity index (χ4v) is 1.82. The zero-order valence-corrected chi connectivity index (χ0v) is 8.64. The lowest BCUT2D eigenvalue weighted by atomic mass is 10.2. The first-order chi connectivity index (χ1) is 6.79. The zero-order valence-electron chi connectivity index (χ0n) is 7.07. The number of halogens is 1. The maximum absolute atomic E-state index is 8.62. The number of aromatic nitrogens is 1. The van der Waals surface area contributed by atoms with E-state index in [2.05, 4.69) is 4.98 Å². The maximum Gasteiger partial charge on any atom is 0.194 e. The van der Waals surface area contributed by atoms with Crippen molar-refractivity contribution in [1.82, 2.24) is 4.98 Å². The minimum Gasteiger partial charge on any atom is -0.226 e. The molecule has 2 aromatic rings. The van der Waals surface area contributed by atoms with Crippen molar-refractivity contribution >= 4 is 22.9 Å². The Morgan fingerprint density at radius 1 is 1.29 bits per heavy atom. The van der Waals surface area contributed by atoms with Crippen molar-refractivity contribution < 1.29 is 0 Å². The Bertz CT molecular complexity index is 482. The average Bonchev–Trinajstić information content (AvgIpc) is 2.67. The summed E-state index contributed by atoms with van der Waals surface area (Å²) in [5.74, 6) is 0. The van der Waals surface area contributed by atoms with Crippen LogP contribution in [0.2, 0.25) is 5.02 Å². The topological polar surface area (TPSA) is 36.7 Å². The highest BCUT2D eigenvalue weighted by molar-refractivity contribution is 7.10. The van der Waals surface area contributed by atoms with Gasteiger partial charge < -0.3 is 0 Å². The van der Waals surface area contributed by atoms with Crippen LogP contribution in [-0.4, -0.2) is 4.98 Å². The third kappa shape index (κ3) is 1.77. The Morgan fingerprint density at radius 2 is 2.00 bits per heavy atom. The molecule has 0 aliphatic rings. The van der Waals surface area contributed by atoms with Gasteiger partial charge in [0, 0.05) is 16.0 Å². The number of nitrogens with zero attached hydrogens (tertiary/aromatic N) is 2. The summed E-state index contributed by atoms with van der Waals surface area (Å²) in [6.45, 7) is 0. The maximum atomic E-state index is 8.62. The third-order valence-corrected chi connectivity index (χ3v) is 2.74. The van der Waals surface area contributed by atoms with Crippen molar-refractivity contribution in [3.63, 3.8) is 0 Å². The second-order valence-corrected chi connectivity index (χ2v) is 3.95. The van der Waals surface area contributed by atoms with Crippen molar-refractivity contribution in [3.05, 3.63) is 39.7 Å². The van der Waals surface area contributed by atoms with Crippen LogP contribution < -0.4 is 0 Å². The molecule has 0 atom stereocenters. The van der Waals surface area contributed by atoms with Gasteiger partial charge in [-0.05, 0) is 12.1 Å². The van der Waals surface area contributed by atoms with Gasteiger partial charge in [0.2, 0.25) is 0 Å². The van der Waals surface area contributed by atoms with Crippen LogP contribution in [0.15, 0.2) is 29.6 Å². The molecule has 0 aliphatic carbocycles. The summed E-state index contributed by atoms with van der Waals surface area (Å²) in [5.41, 5.74) is 1.80. The number of nitriles is 1. The second-order valence-electron chi connectivity index (χ2n) is 2.66. The molecule has 0 fully saturated rings. The highest BCUT2D eigenvalue weighted by Gasteiger charge is 2.02. The van der Waals surface area contributed by atoms with E-state index in [0.717, 1.165) is 11.3 Å². The normalized spacial score (nSPS) is 9.71. The highest BCUT2D eigenvalue weighted by Crippen LogP contribution is 2.22. The van der Waals surface area contributed by atoms with E-state index < -0.39 is 0 Å². The minimum atomic E-state index is 0.481. The molecular formula is C10H5ClN2S. The molecule has 4 heteroatoms. The molecule has 0 spiro atoms. The van der Waals surface area contributed by atoms with Crippen LogP contribution in [0.1, 0.15) is 5.01 Å².